The van der Waals surface area contributed by atoms with Gasteiger partial charge in [0.15, 0.2) is 0 Å². The van der Waals surface area contributed by atoms with E-state index in [1.165, 1.54) is 6.92 Å². The predicted octanol–water partition coefficient (Wildman–Crippen LogP) is 2.76. The van der Waals surface area contributed by atoms with Gasteiger partial charge in [-0.05, 0) is 42.8 Å². The Balaban J connectivity index is 1.78. The highest BCUT2D eigenvalue weighted by Gasteiger charge is 2.05. The Labute approximate surface area is 135 Å². The molecule has 0 radical (unpaired) electrons. The quantitative estimate of drug-likeness (QED) is 0.806. The first kappa shape index (κ1) is 16.5. The lowest BCUT2D eigenvalue weighted by molar-refractivity contribution is -0.114. The number of rotatable bonds is 6. The van der Waals surface area contributed by atoms with Gasteiger partial charge >= 0.3 is 0 Å². The van der Waals surface area contributed by atoms with Gasteiger partial charge in [-0.25, -0.2) is 0 Å². The van der Waals surface area contributed by atoms with Crippen LogP contribution in [0.4, 0.5) is 5.69 Å². The Morgan fingerprint density at radius 1 is 1.04 bits per heavy atom. The predicted molar refractivity (Wildman–Crippen MR) is 89.8 cm³/mol. The minimum Gasteiger partial charge on any atom is -0.491 e. The Hall–Kier alpha value is -2.82. The van der Waals surface area contributed by atoms with E-state index in [1.54, 1.807) is 24.3 Å². The molecule has 5 heteroatoms. The van der Waals surface area contributed by atoms with E-state index in [0.717, 1.165) is 11.3 Å². The lowest BCUT2D eigenvalue weighted by atomic mass is 10.2. The van der Waals surface area contributed by atoms with Gasteiger partial charge in [0.05, 0.1) is 6.54 Å². The smallest absolute Gasteiger partial charge is 0.251 e. The third kappa shape index (κ3) is 5.14. The molecule has 0 unspecified atom stereocenters. The molecule has 2 amide bonds. The maximum absolute atomic E-state index is 12.0. The van der Waals surface area contributed by atoms with Crippen LogP contribution in [0.3, 0.4) is 0 Å². The summed E-state index contributed by atoms with van der Waals surface area (Å²) >= 11 is 0. The van der Waals surface area contributed by atoms with Gasteiger partial charge in [-0.3, -0.25) is 9.59 Å². The molecule has 0 heterocycles. The van der Waals surface area contributed by atoms with Crippen LogP contribution < -0.4 is 15.4 Å². The molecule has 0 aliphatic heterocycles. The number of aryl methyl sites for hydroxylation is 1. The van der Waals surface area contributed by atoms with Gasteiger partial charge in [-0.15, -0.1) is 0 Å². The van der Waals surface area contributed by atoms with Gasteiger partial charge in [-0.2, -0.15) is 0 Å². The summed E-state index contributed by atoms with van der Waals surface area (Å²) in [4.78, 5) is 22.9. The van der Waals surface area contributed by atoms with Gasteiger partial charge in [0.1, 0.15) is 12.4 Å². The SMILES string of the molecule is CC(=O)Nc1ccc(C(=O)NCCOc2ccccc2C)cc1. The van der Waals surface area contributed by atoms with Crippen LogP contribution in [0, 0.1) is 6.92 Å². The fraction of sp³-hybridized carbons (Fsp3) is 0.222. The molecule has 0 bridgehead atoms. The van der Waals surface area contributed by atoms with Crippen LogP contribution in [-0.4, -0.2) is 25.0 Å². The van der Waals surface area contributed by atoms with Crippen molar-refractivity contribution in [2.75, 3.05) is 18.5 Å². The number of hydrogen-bond acceptors (Lipinski definition) is 3. The molecule has 5 nitrogen and oxygen atoms in total. The monoisotopic (exact) mass is 312 g/mol. The second kappa shape index (κ2) is 7.98. The molecule has 2 rings (SSSR count). The highest BCUT2D eigenvalue weighted by Crippen LogP contribution is 2.15. The lowest BCUT2D eigenvalue weighted by Crippen LogP contribution is -2.28. The molecule has 0 aromatic heterocycles. The fourth-order valence-electron chi connectivity index (χ4n) is 2.05. The van der Waals surface area contributed by atoms with E-state index in [9.17, 15) is 9.59 Å². The van der Waals surface area contributed by atoms with E-state index in [1.807, 2.05) is 31.2 Å². The lowest BCUT2D eigenvalue weighted by Gasteiger charge is -2.10. The van der Waals surface area contributed by atoms with Crippen LogP contribution in [0.1, 0.15) is 22.8 Å². The van der Waals surface area contributed by atoms with Crippen molar-refractivity contribution in [3.8, 4) is 5.75 Å². The minimum atomic E-state index is -0.173. The van der Waals surface area contributed by atoms with E-state index in [-0.39, 0.29) is 11.8 Å². The van der Waals surface area contributed by atoms with Crippen LogP contribution in [-0.2, 0) is 4.79 Å². The number of anilines is 1. The Morgan fingerprint density at radius 3 is 2.39 bits per heavy atom. The zero-order valence-electron chi connectivity index (χ0n) is 13.3. The molecule has 0 aliphatic rings. The number of amides is 2. The van der Waals surface area contributed by atoms with Crippen molar-refractivity contribution in [3.63, 3.8) is 0 Å². The van der Waals surface area contributed by atoms with Crippen LogP contribution in [0.2, 0.25) is 0 Å². The molecule has 2 aromatic carbocycles. The van der Waals surface area contributed by atoms with Crippen LogP contribution in [0.25, 0.3) is 0 Å². The van der Waals surface area contributed by atoms with Crippen molar-refractivity contribution in [2.45, 2.75) is 13.8 Å². The number of hydrogen-bond donors (Lipinski definition) is 2. The summed E-state index contributed by atoms with van der Waals surface area (Å²) in [5.41, 5.74) is 2.26. The van der Waals surface area contributed by atoms with Gasteiger partial charge in [0.25, 0.3) is 5.91 Å². The van der Waals surface area contributed by atoms with Crippen molar-refractivity contribution in [2.24, 2.45) is 0 Å². The van der Waals surface area contributed by atoms with Crippen molar-refractivity contribution in [3.05, 3.63) is 59.7 Å². The number of carbonyl (C=O) groups is 2. The average Bonchev–Trinajstić information content (AvgIpc) is 2.53. The number of ether oxygens (including phenoxy) is 1. The Morgan fingerprint density at radius 2 is 1.74 bits per heavy atom. The largest absolute Gasteiger partial charge is 0.491 e. The Kier molecular flexibility index (Phi) is 5.74. The normalized spacial score (nSPS) is 10.0. The summed E-state index contributed by atoms with van der Waals surface area (Å²) in [5, 5.41) is 5.45. The van der Waals surface area contributed by atoms with Crippen LogP contribution >= 0.6 is 0 Å². The summed E-state index contributed by atoms with van der Waals surface area (Å²) in [6.45, 7) is 4.24. The van der Waals surface area contributed by atoms with Gasteiger partial charge < -0.3 is 15.4 Å². The van der Waals surface area contributed by atoms with E-state index in [2.05, 4.69) is 10.6 Å². The topological polar surface area (TPSA) is 67.4 Å². The first-order valence-electron chi connectivity index (χ1n) is 7.40. The molecular formula is C18H20N2O3. The van der Waals surface area contributed by atoms with Crippen molar-refractivity contribution < 1.29 is 14.3 Å². The number of carbonyl (C=O) groups excluding carboxylic acids is 2. The van der Waals surface area contributed by atoms with Gasteiger partial charge in [-0.1, -0.05) is 18.2 Å². The van der Waals surface area contributed by atoms with Crippen molar-refractivity contribution in [1.82, 2.24) is 5.32 Å². The molecule has 23 heavy (non-hydrogen) atoms. The molecule has 0 atom stereocenters. The van der Waals surface area contributed by atoms with Gasteiger partial charge in [0, 0.05) is 18.2 Å². The van der Waals surface area contributed by atoms with Crippen molar-refractivity contribution >= 4 is 17.5 Å². The number of para-hydroxylation sites is 1. The highest BCUT2D eigenvalue weighted by molar-refractivity contribution is 5.95. The second-order valence-corrected chi connectivity index (χ2v) is 5.13. The van der Waals surface area contributed by atoms with E-state index in [4.69, 9.17) is 4.74 Å². The molecule has 0 spiro atoms. The first-order chi connectivity index (χ1) is 11.1. The third-order valence-corrected chi connectivity index (χ3v) is 3.21. The zero-order chi connectivity index (χ0) is 16.7. The first-order valence-corrected chi connectivity index (χ1v) is 7.40. The fourth-order valence-corrected chi connectivity index (χ4v) is 2.05. The molecule has 2 aromatic rings. The molecule has 0 aliphatic carbocycles. The standard InChI is InChI=1S/C18H20N2O3/c1-13-5-3-4-6-17(13)23-12-11-19-18(22)15-7-9-16(10-8-15)20-14(2)21/h3-10H,11-12H2,1-2H3,(H,19,22)(H,20,21). The number of benzene rings is 2. The average molecular weight is 312 g/mol. The zero-order valence-corrected chi connectivity index (χ0v) is 13.3. The molecule has 0 fully saturated rings. The van der Waals surface area contributed by atoms with E-state index >= 15 is 0 Å². The summed E-state index contributed by atoms with van der Waals surface area (Å²) < 4.78 is 5.62. The Bertz CT molecular complexity index is 681. The van der Waals surface area contributed by atoms with Crippen LogP contribution in [0.15, 0.2) is 48.5 Å². The molecule has 0 saturated carbocycles. The number of nitrogens with one attached hydrogen (secondary N) is 2. The van der Waals surface area contributed by atoms with Gasteiger partial charge in [0.2, 0.25) is 5.91 Å². The molecule has 2 N–H and O–H groups in total. The second-order valence-electron chi connectivity index (χ2n) is 5.13. The third-order valence-electron chi connectivity index (χ3n) is 3.21. The van der Waals surface area contributed by atoms with E-state index < -0.39 is 0 Å². The minimum absolute atomic E-state index is 0.143. The molecule has 0 saturated heterocycles. The summed E-state index contributed by atoms with van der Waals surface area (Å²) in [6, 6.07) is 14.5. The maximum Gasteiger partial charge on any atom is 0.251 e. The molecular weight excluding hydrogens is 292 g/mol. The summed E-state index contributed by atoms with van der Waals surface area (Å²) in [6.07, 6.45) is 0. The van der Waals surface area contributed by atoms with Crippen molar-refractivity contribution in [1.29, 1.82) is 0 Å². The summed E-state index contributed by atoms with van der Waals surface area (Å²) in [5.74, 6) is 0.504. The molecule has 120 valence electrons. The highest BCUT2D eigenvalue weighted by atomic mass is 16.5. The van der Waals surface area contributed by atoms with E-state index in [0.29, 0.717) is 24.4 Å². The summed E-state index contributed by atoms with van der Waals surface area (Å²) in [7, 11) is 0. The maximum atomic E-state index is 12.0. The van der Waals surface area contributed by atoms with Crippen LogP contribution in [0.5, 0.6) is 5.75 Å².